The summed E-state index contributed by atoms with van der Waals surface area (Å²) in [5.74, 6) is -0.262. The Morgan fingerprint density at radius 2 is 1.71 bits per heavy atom. The van der Waals surface area contributed by atoms with Gasteiger partial charge in [0.2, 0.25) is 5.91 Å². The molecule has 2 aromatic rings. The molecule has 2 rings (SSSR count). The van der Waals surface area contributed by atoms with Gasteiger partial charge in [-0.2, -0.15) is 0 Å². The maximum Gasteiger partial charge on any atom is 0.253 e. The fourth-order valence-corrected chi connectivity index (χ4v) is 2.34. The molecule has 0 heterocycles. The molecule has 0 unspecified atom stereocenters. The SMILES string of the molecule is CCN(CC)C(=O)c1cccc(NC(=O)/C=C/c2ccccc2)c1. The summed E-state index contributed by atoms with van der Waals surface area (Å²) in [5, 5.41) is 2.79. The van der Waals surface area contributed by atoms with Crippen LogP contribution in [0, 0.1) is 0 Å². The highest BCUT2D eigenvalue weighted by Crippen LogP contribution is 2.13. The maximum atomic E-state index is 12.4. The van der Waals surface area contributed by atoms with E-state index in [-0.39, 0.29) is 11.8 Å². The number of amides is 2. The number of rotatable bonds is 6. The molecule has 4 nitrogen and oxygen atoms in total. The van der Waals surface area contributed by atoms with Gasteiger partial charge < -0.3 is 10.2 Å². The largest absolute Gasteiger partial charge is 0.339 e. The molecule has 0 aliphatic heterocycles. The Kier molecular flexibility index (Phi) is 6.32. The fraction of sp³-hybridized carbons (Fsp3) is 0.200. The van der Waals surface area contributed by atoms with Crippen molar-refractivity contribution in [3.63, 3.8) is 0 Å². The Morgan fingerprint density at radius 3 is 2.38 bits per heavy atom. The lowest BCUT2D eigenvalue weighted by Gasteiger charge is -2.18. The molecule has 0 atom stereocenters. The first-order chi connectivity index (χ1) is 11.6. The number of anilines is 1. The molecule has 0 spiro atoms. The van der Waals surface area contributed by atoms with E-state index in [0.29, 0.717) is 24.3 Å². The van der Waals surface area contributed by atoms with Gasteiger partial charge in [0.05, 0.1) is 0 Å². The van der Waals surface area contributed by atoms with Gasteiger partial charge in [0.15, 0.2) is 0 Å². The number of carbonyl (C=O) groups is 2. The first-order valence-corrected chi connectivity index (χ1v) is 8.07. The van der Waals surface area contributed by atoms with Crippen LogP contribution < -0.4 is 5.32 Å². The van der Waals surface area contributed by atoms with Crippen LogP contribution in [-0.4, -0.2) is 29.8 Å². The van der Waals surface area contributed by atoms with Gasteiger partial charge in [0, 0.05) is 30.4 Å². The van der Waals surface area contributed by atoms with Crippen molar-refractivity contribution in [3.05, 3.63) is 71.8 Å². The monoisotopic (exact) mass is 322 g/mol. The van der Waals surface area contributed by atoms with E-state index in [2.05, 4.69) is 5.32 Å². The predicted molar refractivity (Wildman–Crippen MR) is 97.8 cm³/mol. The zero-order chi connectivity index (χ0) is 17.4. The van der Waals surface area contributed by atoms with E-state index in [0.717, 1.165) is 5.56 Å². The van der Waals surface area contributed by atoms with E-state index in [9.17, 15) is 9.59 Å². The molecule has 0 aliphatic rings. The summed E-state index contributed by atoms with van der Waals surface area (Å²) in [6.45, 7) is 5.21. The lowest BCUT2D eigenvalue weighted by atomic mass is 10.1. The molecular weight excluding hydrogens is 300 g/mol. The summed E-state index contributed by atoms with van der Waals surface area (Å²) in [6, 6.07) is 16.6. The first kappa shape index (κ1) is 17.5. The fourth-order valence-electron chi connectivity index (χ4n) is 2.34. The molecule has 0 bridgehead atoms. The van der Waals surface area contributed by atoms with Gasteiger partial charge in [-0.05, 0) is 43.7 Å². The number of carbonyl (C=O) groups excluding carboxylic acids is 2. The van der Waals surface area contributed by atoms with Crippen LogP contribution >= 0.6 is 0 Å². The summed E-state index contributed by atoms with van der Waals surface area (Å²) in [6.07, 6.45) is 3.23. The zero-order valence-corrected chi connectivity index (χ0v) is 14.0. The summed E-state index contributed by atoms with van der Waals surface area (Å²) in [4.78, 5) is 26.1. The standard InChI is InChI=1S/C20H22N2O2/c1-3-22(4-2)20(24)17-11-8-12-18(15-17)21-19(23)14-13-16-9-6-5-7-10-16/h5-15H,3-4H2,1-2H3,(H,21,23)/b14-13+. The van der Waals surface area contributed by atoms with E-state index in [1.54, 1.807) is 35.2 Å². The molecular formula is C20H22N2O2. The van der Waals surface area contributed by atoms with E-state index in [1.165, 1.54) is 6.08 Å². The Labute approximate surface area is 142 Å². The molecule has 4 heteroatoms. The maximum absolute atomic E-state index is 12.4. The van der Waals surface area contributed by atoms with Crippen molar-refractivity contribution in [1.82, 2.24) is 4.90 Å². The molecule has 2 aromatic carbocycles. The predicted octanol–water partition coefficient (Wildman–Crippen LogP) is 3.82. The van der Waals surface area contributed by atoms with Gasteiger partial charge in [-0.1, -0.05) is 36.4 Å². The Hall–Kier alpha value is -2.88. The van der Waals surface area contributed by atoms with Crippen LogP contribution in [0.2, 0.25) is 0 Å². The van der Waals surface area contributed by atoms with Crippen LogP contribution in [0.4, 0.5) is 5.69 Å². The molecule has 2 amide bonds. The smallest absolute Gasteiger partial charge is 0.253 e. The summed E-state index contributed by atoms with van der Waals surface area (Å²) in [5.41, 5.74) is 2.14. The van der Waals surface area contributed by atoms with Crippen molar-refractivity contribution >= 4 is 23.6 Å². The van der Waals surface area contributed by atoms with E-state index in [1.807, 2.05) is 44.2 Å². The molecule has 124 valence electrons. The highest BCUT2D eigenvalue weighted by Gasteiger charge is 2.12. The minimum Gasteiger partial charge on any atom is -0.339 e. The van der Waals surface area contributed by atoms with Gasteiger partial charge in [-0.25, -0.2) is 0 Å². The van der Waals surface area contributed by atoms with Crippen LogP contribution in [0.5, 0.6) is 0 Å². The molecule has 24 heavy (non-hydrogen) atoms. The number of benzene rings is 2. The molecule has 0 fully saturated rings. The number of nitrogens with zero attached hydrogens (tertiary/aromatic N) is 1. The zero-order valence-electron chi connectivity index (χ0n) is 14.0. The minimum absolute atomic E-state index is 0.0315. The van der Waals surface area contributed by atoms with Gasteiger partial charge >= 0.3 is 0 Å². The second-order valence-corrected chi connectivity index (χ2v) is 5.29. The van der Waals surface area contributed by atoms with Crippen LogP contribution in [0.1, 0.15) is 29.8 Å². The Morgan fingerprint density at radius 1 is 1.00 bits per heavy atom. The number of nitrogens with one attached hydrogen (secondary N) is 1. The second-order valence-electron chi connectivity index (χ2n) is 5.29. The van der Waals surface area contributed by atoms with E-state index in [4.69, 9.17) is 0 Å². The molecule has 0 aromatic heterocycles. The molecule has 0 saturated carbocycles. The van der Waals surface area contributed by atoms with Crippen LogP contribution in [0.15, 0.2) is 60.7 Å². The number of hydrogen-bond donors (Lipinski definition) is 1. The van der Waals surface area contributed by atoms with Crippen LogP contribution in [0.3, 0.4) is 0 Å². The van der Waals surface area contributed by atoms with Crippen LogP contribution in [0.25, 0.3) is 6.08 Å². The van der Waals surface area contributed by atoms with Crippen molar-refractivity contribution in [3.8, 4) is 0 Å². The van der Waals surface area contributed by atoms with Gasteiger partial charge in [-0.3, -0.25) is 9.59 Å². The van der Waals surface area contributed by atoms with Gasteiger partial charge in [0.25, 0.3) is 5.91 Å². The molecule has 0 radical (unpaired) electrons. The molecule has 0 saturated heterocycles. The summed E-state index contributed by atoms with van der Waals surface area (Å²) >= 11 is 0. The lowest BCUT2D eigenvalue weighted by molar-refractivity contribution is -0.111. The third-order valence-electron chi connectivity index (χ3n) is 3.65. The van der Waals surface area contributed by atoms with E-state index < -0.39 is 0 Å². The van der Waals surface area contributed by atoms with Crippen molar-refractivity contribution in [1.29, 1.82) is 0 Å². The minimum atomic E-state index is -0.230. The molecule has 1 N–H and O–H groups in total. The van der Waals surface area contributed by atoms with Crippen LogP contribution in [-0.2, 0) is 4.79 Å². The average molecular weight is 322 g/mol. The lowest BCUT2D eigenvalue weighted by Crippen LogP contribution is -2.30. The van der Waals surface area contributed by atoms with E-state index >= 15 is 0 Å². The normalized spacial score (nSPS) is 10.6. The third-order valence-corrected chi connectivity index (χ3v) is 3.65. The highest BCUT2D eigenvalue weighted by molar-refractivity contribution is 6.03. The Balaban J connectivity index is 2.05. The average Bonchev–Trinajstić information content (AvgIpc) is 2.62. The third kappa shape index (κ3) is 4.81. The molecule has 0 aliphatic carbocycles. The summed E-state index contributed by atoms with van der Waals surface area (Å²) in [7, 11) is 0. The van der Waals surface area contributed by atoms with Crippen molar-refractivity contribution < 1.29 is 9.59 Å². The van der Waals surface area contributed by atoms with Crippen molar-refractivity contribution in [2.45, 2.75) is 13.8 Å². The highest BCUT2D eigenvalue weighted by atomic mass is 16.2. The second kappa shape index (κ2) is 8.67. The van der Waals surface area contributed by atoms with Crippen molar-refractivity contribution in [2.24, 2.45) is 0 Å². The van der Waals surface area contributed by atoms with Crippen molar-refractivity contribution in [2.75, 3.05) is 18.4 Å². The van der Waals surface area contributed by atoms with Gasteiger partial charge in [0.1, 0.15) is 0 Å². The Bertz CT molecular complexity index is 719. The topological polar surface area (TPSA) is 49.4 Å². The van der Waals surface area contributed by atoms with Gasteiger partial charge in [-0.15, -0.1) is 0 Å². The first-order valence-electron chi connectivity index (χ1n) is 8.07. The quantitative estimate of drug-likeness (QED) is 0.822. The number of hydrogen-bond acceptors (Lipinski definition) is 2. The summed E-state index contributed by atoms with van der Waals surface area (Å²) < 4.78 is 0.